The minimum Gasteiger partial charge on any atom is -0.496 e. The van der Waals surface area contributed by atoms with Gasteiger partial charge in [-0.15, -0.1) is 0 Å². The molecule has 2 aromatic carbocycles. The number of hydrogen-bond donors (Lipinski definition) is 1. The quantitative estimate of drug-likeness (QED) is 0.783. The molecular formula is C22H24N2O4. The van der Waals surface area contributed by atoms with Crippen LogP contribution in [0.1, 0.15) is 18.9 Å². The van der Waals surface area contributed by atoms with Gasteiger partial charge in [-0.2, -0.15) is 0 Å². The molecule has 0 aromatic heterocycles. The topological polar surface area (TPSA) is 67.9 Å². The van der Waals surface area contributed by atoms with Crippen molar-refractivity contribution in [2.24, 2.45) is 0 Å². The Hall–Kier alpha value is -3.28. The van der Waals surface area contributed by atoms with Gasteiger partial charge in [-0.25, -0.2) is 0 Å². The molecule has 6 nitrogen and oxygen atoms in total. The van der Waals surface area contributed by atoms with E-state index in [2.05, 4.69) is 5.32 Å². The van der Waals surface area contributed by atoms with Crippen LogP contribution in [0.4, 0.5) is 5.69 Å². The third kappa shape index (κ3) is 4.34. The number of carbonyl (C=O) groups is 2. The summed E-state index contributed by atoms with van der Waals surface area (Å²) >= 11 is 0. The molecule has 1 aliphatic rings. The van der Waals surface area contributed by atoms with Crippen molar-refractivity contribution in [3.8, 4) is 11.5 Å². The molecule has 0 spiro atoms. The van der Waals surface area contributed by atoms with E-state index in [4.69, 9.17) is 9.47 Å². The molecule has 0 radical (unpaired) electrons. The summed E-state index contributed by atoms with van der Waals surface area (Å²) in [6.07, 6.45) is 3.29. The van der Waals surface area contributed by atoms with Gasteiger partial charge in [0.2, 0.25) is 0 Å². The van der Waals surface area contributed by atoms with E-state index in [0.29, 0.717) is 23.7 Å². The highest BCUT2D eigenvalue weighted by Crippen LogP contribution is 2.33. The maximum absolute atomic E-state index is 12.9. The van der Waals surface area contributed by atoms with Gasteiger partial charge >= 0.3 is 0 Å². The van der Waals surface area contributed by atoms with E-state index < -0.39 is 6.10 Å². The molecule has 2 amide bonds. The van der Waals surface area contributed by atoms with Crippen molar-refractivity contribution in [3.05, 3.63) is 60.2 Å². The van der Waals surface area contributed by atoms with Gasteiger partial charge in [0.1, 0.15) is 11.5 Å². The average molecular weight is 380 g/mol. The second kappa shape index (κ2) is 9.08. The van der Waals surface area contributed by atoms with Gasteiger partial charge in [-0.05, 0) is 30.7 Å². The fraction of sp³-hybridized carbons (Fsp3) is 0.273. The zero-order valence-electron chi connectivity index (χ0n) is 16.1. The van der Waals surface area contributed by atoms with Crippen LogP contribution in [0.15, 0.2) is 54.6 Å². The number of para-hydroxylation sites is 3. The van der Waals surface area contributed by atoms with Gasteiger partial charge < -0.3 is 19.7 Å². The number of nitrogens with zero attached hydrogens (tertiary/aromatic N) is 1. The second-order valence-corrected chi connectivity index (χ2v) is 6.39. The zero-order chi connectivity index (χ0) is 19.9. The van der Waals surface area contributed by atoms with Crippen LogP contribution < -0.4 is 19.7 Å². The number of amides is 2. The van der Waals surface area contributed by atoms with Crippen LogP contribution in [0.25, 0.3) is 6.08 Å². The first-order valence-corrected chi connectivity index (χ1v) is 9.30. The minimum atomic E-state index is -0.745. The minimum absolute atomic E-state index is 0.154. The smallest absolute Gasteiger partial charge is 0.262 e. The molecule has 3 rings (SSSR count). The fourth-order valence-electron chi connectivity index (χ4n) is 3.00. The van der Waals surface area contributed by atoms with E-state index in [0.717, 1.165) is 12.0 Å². The molecule has 0 unspecified atom stereocenters. The standard InChI is InChI=1S/C22H24N2O4/c1-3-14-23-22(26)20-15-24(17-9-5-7-11-19(17)28-20)21(25)13-12-16-8-4-6-10-18(16)27-2/h4-13,20H,3,14-15H2,1-2H3,(H,23,26)/b13-12+/t20-/m0/s1. The Labute approximate surface area is 164 Å². The van der Waals surface area contributed by atoms with Crippen molar-refractivity contribution >= 4 is 23.6 Å². The molecule has 1 N–H and O–H groups in total. The van der Waals surface area contributed by atoms with Gasteiger partial charge in [0.05, 0.1) is 19.3 Å². The Kier molecular flexibility index (Phi) is 6.32. The number of nitrogens with one attached hydrogen (secondary N) is 1. The monoisotopic (exact) mass is 380 g/mol. The van der Waals surface area contributed by atoms with Crippen LogP contribution in [-0.2, 0) is 9.59 Å². The molecule has 1 atom stereocenters. The van der Waals surface area contributed by atoms with Crippen LogP contribution in [-0.4, -0.2) is 38.1 Å². The summed E-state index contributed by atoms with van der Waals surface area (Å²) in [5, 5.41) is 2.83. The van der Waals surface area contributed by atoms with Gasteiger partial charge in [0, 0.05) is 18.2 Å². The first-order chi connectivity index (χ1) is 13.6. The van der Waals surface area contributed by atoms with E-state index >= 15 is 0 Å². The van der Waals surface area contributed by atoms with Crippen LogP contribution in [0.5, 0.6) is 11.5 Å². The summed E-state index contributed by atoms with van der Waals surface area (Å²) in [6, 6.07) is 14.7. The third-order valence-corrected chi connectivity index (χ3v) is 4.43. The molecule has 1 aliphatic heterocycles. The lowest BCUT2D eigenvalue weighted by atomic mass is 10.1. The Morgan fingerprint density at radius 1 is 1.21 bits per heavy atom. The number of ether oxygens (including phenoxy) is 2. The lowest BCUT2D eigenvalue weighted by molar-refractivity contribution is -0.128. The summed E-state index contributed by atoms with van der Waals surface area (Å²) in [6.45, 7) is 2.71. The zero-order valence-corrected chi connectivity index (χ0v) is 16.1. The van der Waals surface area contributed by atoms with E-state index in [9.17, 15) is 9.59 Å². The van der Waals surface area contributed by atoms with Crippen molar-refractivity contribution in [2.45, 2.75) is 19.4 Å². The summed E-state index contributed by atoms with van der Waals surface area (Å²) in [5.74, 6) is 0.757. The molecule has 2 aromatic rings. The van der Waals surface area contributed by atoms with Crippen LogP contribution in [0.2, 0.25) is 0 Å². The van der Waals surface area contributed by atoms with Gasteiger partial charge in [-0.1, -0.05) is 37.3 Å². The normalized spacial score (nSPS) is 15.6. The van der Waals surface area contributed by atoms with Crippen molar-refractivity contribution in [3.63, 3.8) is 0 Å². The largest absolute Gasteiger partial charge is 0.496 e. The number of methoxy groups -OCH3 is 1. The summed E-state index contributed by atoms with van der Waals surface area (Å²) < 4.78 is 11.1. The predicted molar refractivity (Wildman–Crippen MR) is 109 cm³/mol. The molecular weight excluding hydrogens is 356 g/mol. The van der Waals surface area contributed by atoms with Crippen LogP contribution >= 0.6 is 0 Å². The van der Waals surface area contributed by atoms with E-state index in [1.807, 2.05) is 49.4 Å². The lowest BCUT2D eigenvalue weighted by Crippen LogP contribution is -2.50. The van der Waals surface area contributed by atoms with E-state index in [1.165, 1.54) is 6.08 Å². The predicted octanol–water partition coefficient (Wildman–Crippen LogP) is 3.03. The summed E-state index contributed by atoms with van der Waals surface area (Å²) in [7, 11) is 1.59. The van der Waals surface area contributed by atoms with Crippen LogP contribution in [0.3, 0.4) is 0 Å². The Morgan fingerprint density at radius 3 is 2.75 bits per heavy atom. The van der Waals surface area contributed by atoms with Crippen molar-refractivity contribution in [1.82, 2.24) is 5.32 Å². The number of rotatable bonds is 6. The Balaban J connectivity index is 1.83. The number of carbonyl (C=O) groups excluding carboxylic acids is 2. The highest BCUT2D eigenvalue weighted by atomic mass is 16.5. The first-order valence-electron chi connectivity index (χ1n) is 9.30. The van der Waals surface area contributed by atoms with E-state index in [-0.39, 0.29) is 18.4 Å². The van der Waals surface area contributed by atoms with Gasteiger partial charge in [-0.3, -0.25) is 9.59 Å². The molecule has 6 heteroatoms. The molecule has 0 fully saturated rings. The fourth-order valence-corrected chi connectivity index (χ4v) is 3.00. The van der Waals surface area contributed by atoms with Crippen LogP contribution in [0, 0.1) is 0 Å². The van der Waals surface area contributed by atoms with Crippen molar-refractivity contribution in [1.29, 1.82) is 0 Å². The maximum atomic E-state index is 12.9. The summed E-state index contributed by atoms with van der Waals surface area (Å²) in [5.41, 5.74) is 1.45. The van der Waals surface area contributed by atoms with Gasteiger partial charge in [0.15, 0.2) is 6.10 Å². The highest BCUT2D eigenvalue weighted by Gasteiger charge is 2.32. The lowest BCUT2D eigenvalue weighted by Gasteiger charge is -2.33. The number of fused-ring (bicyclic) bond motifs is 1. The number of hydrogen-bond acceptors (Lipinski definition) is 4. The molecule has 0 saturated heterocycles. The number of anilines is 1. The van der Waals surface area contributed by atoms with Crippen molar-refractivity contribution in [2.75, 3.05) is 25.1 Å². The second-order valence-electron chi connectivity index (χ2n) is 6.39. The Bertz CT molecular complexity index is 878. The third-order valence-electron chi connectivity index (χ3n) is 4.43. The molecule has 28 heavy (non-hydrogen) atoms. The SMILES string of the molecule is CCCNC(=O)[C@@H]1CN(C(=O)/C=C/c2ccccc2OC)c2ccccc2O1. The maximum Gasteiger partial charge on any atom is 0.262 e. The summed E-state index contributed by atoms with van der Waals surface area (Å²) in [4.78, 5) is 26.9. The molecule has 0 saturated carbocycles. The average Bonchev–Trinajstić information content (AvgIpc) is 2.75. The molecule has 0 aliphatic carbocycles. The highest BCUT2D eigenvalue weighted by molar-refractivity contribution is 6.06. The number of benzene rings is 2. The van der Waals surface area contributed by atoms with Gasteiger partial charge in [0.25, 0.3) is 11.8 Å². The molecule has 1 heterocycles. The van der Waals surface area contributed by atoms with E-state index in [1.54, 1.807) is 24.2 Å². The Morgan fingerprint density at radius 2 is 1.96 bits per heavy atom. The molecule has 146 valence electrons. The first kappa shape index (κ1) is 19.5. The van der Waals surface area contributed by atoms with Crippen molar-refractivity contribution < 1.29 is 19.1 Å². The molecule has 0 bridgehead atoms.